The van der Waals surface area contributed by atoms with Gasteiger partial charge in [0.1, 0.15) is 17.4 Å². The summed E-state index contributed by atoms with van der Waals surface area (Å²) in [6.07, 6.45) is -3.21. The number of halogens is 4. The van der Waals surface area contributed by atoms with Crippen LogP contribution in [0, 0.1) is 5.41 Å². The van der Waals surface area contributed by atoms with Gasteiger partial charge in [-0.1, -0.05) is 51.4 Å². The molecule has 1 fully saturated rings. The molecule has 1 atom stereocenters. The largest absolute Gasteiger partial charge is 0.462 e. The molecular formula is C34H35ClF3N7O4. The van der Waals surface area contributed by atoms with Crippen LogP contribution in [-0.2, 0) is 35.3 Å². The topological polar surface area (TPSA) is 119 Å². The Morgan fingerprint density at radius 2 is 1.84 bits per heavy atom. The predicted molar refractivity (Wildman–Crippen MR) is 179 cm³/mol. The number of rotatable bonds is 6. The Balaban J connectivity index is 1.44. The second kappa shape index (κ2) is 12.2. The van der Waals surface area contributed by atoms with Crippen molar-refractivity contribution in [3.05, 3.63) is 74.4 Å². The molecule has 5 aromatic rings. The molecule has 1 amide bonds. The first-order chi connectivity index (χ1) is 23.3. The molecule has 0 spiro atoms. The third kappa shape index (κ3) is 5.75. The first-order valence-corrected chi connectivity index (χ1v) is 16.4. The highest BCUT2D eigenvalue weighted by molar-refractivity contribution is 6.35. The number of alkyl halides is 3. The van der Waals surface area contributed by atoms with Gasteiger partial charge >= 0.3 is 6.18 Å². The van der Waals surface area contributed by atoms with Gasteiger partial charge in [0, 0.05) is 37.1 Å². The van der Waals surface area contributed by atoms with Gasteiger partial charge in [-0.3, -0.25) is 14.2 Å². The monoisotopic (exact) mass is 697 g/mol. The van der Waals surface area contributed by atoms with E-state index in [1.54, 1.807) is 4.57 Å². The molecular weight excluding hydrogens is 663 g/mol. The average molecular weight is 698 g/mol. The second-order valence-electron chi connectivity index (χ2n) is 13.4. The number of carbonyl (C=O) groups excluding carboxylic acids is 1. The van der Waals surface area contributed by atoms with Gasteiger partial charge in [-0.15, -0.1) is 5.10 Å². The molecule has 0 saturated carbocycles. The quantitative estimate of drug-likeness (QED) is 0.215. The van der Waals surface area contributed by atoms with Crippen molar-refractivity contribution in [2.45, 2.75) is 59.5 Å². The van der Waals surface area contributed by atoms with Crippen LogP contribution in [0.2, 0.25) is 5.02 Å². The van der Waals surface area contributed by atoms with E-state index < -0.39 is 29.1 Å². The van der Waals surface area contributed by atoms with Gasteiger partial charge in [0.15, 0.2) is 11.4 Å². The number of nitrogens with one attached hydrogen (secondary N) is 2. The lowest BCUT2D eigenvalue weighted by atomic mass is 9.85. The highest BCUT2D eigenvalue weighted by Gasteiger charge is 2.40. The van der Waals surface area contributed by atoms with Crippen molar-refractivity contribution in [3.8, 4) is 11.4 Å². The fourth-order valence-electron chi connectivity index (χ4n) is 6.84. The summed E-state index contributed by atoms with van der Waals surface area (Å²) in [4.78, 5) is 35.8. The number of amides is 1. The highest BCUT2D eigenvalue weighted by Crippen LogP contribution is 2.43. The fourth-order valence-corrected chi connectivity index (χ4v) is 7.09. The number of aromatic nitrogens is 4. The third-order valence-corrected chi connectivity index (χ3v) is 9.38. The van der Waals surface area contributed by atoms with E-state index in [0.29, 0.717) is 68.6 Å². The van der Waals surface area contributed by atoms with E-state index in [-0.39, 0.29) is 33.0 Å². The molecule has 2 N–H and O–H groups in total. The molecule has 0 aliphatic carbocycles. The summed E-state index contributed by atoms with van der Waals surface area (Å²) < 4.78 is 55.7. The van der Waals surface area contributed by atoms with Crippen LogP contribution >= 0.6 is 11.6 Å². The molecule has 7 rings (SSSR count). The van der Waals surface area contributed by atoms with Gasteiger partial charge in [-0.05, 0) is 41.2 Å². The van der Waals surface area contributed by atoms with Crippen LogP contribution in [0.25, 0.3) is 28.1 Å². The van der Waals surface area contributed by atoms with Crippen LogP contribution in [-0.4, -0.2) is 51.3 Å². The van der Waals surface area contributed by atoms with Crippen molar-refractivity contribution in [1.82, 2.24) is 24.5 Å². The Morgan fingerprint density at radius 3 is 2.53 bits per heavy atom. The van der Waals surface area contributed by atoms with Crippen molar-refractivity contribution < 1.29 is 27.1 Å². The Hall–Kier alpha value is -4.40. The first-order valence-electron chi connectivity index (χ1n) is 16.1. The summed E-state index contributed by atoms with van der Waals surface area (Å²) in [5.41, 5.74) is 1.32. The van der Waals surface area contributed by atoms with Gasteiger partial charge < -0.3 is 24.7 Å². The zero-order valence-electron chi connectivity index (χ0n) is 27.4. The van der Waals surface area contributed by atoms with Crippen molar-refractivity contribution in [3.63, 3.8) is 0 Å². The third-order valence-electron chi connectivity index (χ3n) is 9.09. The van der Waals surface area contributed by atoms with Gasteiger partial charge in [-0.25, -0.2) is 0 Å². The summed E-state index contributed by atoms with van der Waals surface area (Å²) in [5, 5.41) is 10.2. The zero-order valence-corrected chi connectivity index (χ0v) is 28.1. The lowest BCUT2D eigenvalue weighted by molar-refractivity contribution is -0.136. The minimum Gasteiger partial charge on any atom is -0.462 e. The molecule has 3 aromatic heterocycles. The van der Waals surface area contributed by atoms with Gasteiger partial charge in [0.2, 0.25) is 11.7 Å². The number of carbonyl (C=O) groups is 1. The van der Waals surface area contributed by atoms with Crippen molar-refractivity contribution in [2.75, 3.05) is 36.4 Å². The molecule has 49 heavy (non-hydrogen) atoms. The predicted octanol–water partition coefficient (Wildman–Crippen LogP) is 6.20. The summed E-state index contributed by atoms with van der Waals surface area (Å²) in [6.45, 7) is 10.9. The number of hydrogen-bond donors (Lipinski definition) is 2. The van der Waals surface area contributed by atoms with Crippen LogP contribution in [0.5, 0.6) is 0 Å². The summed E-state index contributed by atoms with van der Waals surface area (Å²) in [7, 11) is 0. The molecule has 258 valence electrons. The molecule has 2 aromatic carbocycles. The Labute approximate surface area is 284 Å². The van der Waals surface area contributed by atoms with Crippen molar-refractivity contribution >= 4 is 45.6 Å². The number of ether oxygens (including phenoxy) is 1. The van der Waals surface area contributed by atoms with E-state index in [4.69, 9.17) is 30.8 Å². The molecule has 2 aliphatic rings. The molecule has 15 heteroatoms. The lowest BCUT2D eigenvalue weighted by Gasteiger charge is -2.36. The molecule has 11 nitrogen and oxygen atoms in total. The molecule has 0 radical (unpaired) electrons. The fraction of sp³-hybridized carbons (Fsp3) is 0.412. The van der Waals surface area contributed by atoms with Gasteiger partial charge in [-0.2, -0.15) is 22.7 Å². The smallest absolute Gasteiger partial charge is 0.417 e. The molecule has 5 heterocycles. The summed E-state index contributed by atoms with van der Waals surface area (Å²) in [5.74, 6) is -0.127. The molecule has 1 unspecified atom stereocenters. The van der Waals surface area contributed by atoms with Gasteiger partial charge in [0.25, 0.3) is 5.56 Å². The Kier molecular flexibility index (Phi) is 8.23. The minimum atomic E-state index is -4.70. The number of hydrogen-bond acceptors (Lipinski definition) is 8. The summed E-state index contributed by atoms with van der Waals surface area (Å²) >= 11 is 6.42. The van der Waals surface area contributed by atoms with Crippen LogP contribution < -0.4 is 21.1 Å². The maximum atomic E-state index is 14.6. The first kappa shape index (κ1) is 33.1. The van der Waals surface area contributed by atoms with Crippen molar-refractivity contribution in [2.24, 2.45) is 5.41 Å². The van der Waals surface area contributed by atoms with E-state index in [0.717, 1.165) is 23.5 Å². The SMILES string of the molecule is CCc1c(N2CCNCC2)c(=O)n2nc(-c3ccc4c(c3)COC4)nc2n1C(C(=O)Nc1c(Cl)cc(C(F)(F)F)c2ccoc12)C(C)(C)C. The molecule has 2 aliphatic heterocycles. The number of anilines is 2. The van der Waals surface area contributed by atoms with E-state index in [1.807, 2.05) is 50.8 Å². The number of furan rings is 1. The standard InChI is InChI=1S/C34H35ClF3N7O4/c1-5-24-26(43-11-9-39-10-12-43)31(47)45-32(41-29(42-45)18-6-7-19-16-48-17-20(19)14-18)44(24)28(33(2,3)4)30(46)40-25-23(35)15-22(34(36,37)38)21-8-13-49-27(21)25/h6-8,13-15,28,39H,5,9-12,16-17H2,1-4H3,(H,40,46). The lowest BCUT2D eigenvalue weighted by Crippen LogP contribution is -2.47. The van der Waals surface area contributed by atoms with Crippen LogP contribution in [0.3, 0.4) is 0 Å². The normalized spacial score (nSPS) is 16.0. The maximum Gasteiger partial charge on any atom is 0.417 e. The number of piperazine rings is 1. The molecule has 1 saturated heterocycles. The Morgan fingerprint density at radius 1 is 1.10 bits per heavy atom. The van der Waals surface area contributed by atoms with Crippen LogP contribution in [0.4, 0.5) is 24.5 Å². The highest BCUT2D eigenvalue weighted by atomic mass is 35.5. The number of fused-ring (bicyclic) bond motifs is 3. The van der Waals surface area contributed by atoms with E-state index in [1.165, 1.54) is 10.6 Å². The number of nitrogens with zero attached hydrogens (tertiary/aromatic N) is 5. The van der Waals surface area contributed by atoms with Crippen LogP contribution in [0.1, 0.15) is 56.1 Å². The van der Waals surface area contributed by atoms with Crippen molar-refractivity contribution in [1.29, 1.82) is 0 Å². The number of benzene rings is 2. The maximum absolute atomic E-state index is 14.6. The Bertz CT molecular complexity index is 2160. The van der Waals surface area contributed by atoms with E-state index in [2.05, 4.69) is 10.6 Å². The second-order valence-corrected chi connectivity index (χ2v) is 13.8. The molecule has 0 bridgehead atoms. The van der Waals surface area contributed by atoms with E-state index in [9.17, 15) is 22.8 Å². The summed E-state index contributed by atoms with van der Waals surface area (Å²) in [6, 6.07) is 6.71. The minimum absolute atomic E-state index is 0.0890. The van der Waals surface area contributed by atoms with Gasteiger partial charge in [0.05, 0.1) is 35.8 Å². The average Bonchev–Trinajstić information content (AvgIpc) is 3.82. The van der Waals surface area contributed by atoms with Crippen LogP contribution in [0.15, 0.2) is 45.8 Å². The zero-order chi connectivity index (χ0) is 34.8. The van der Waals surface area contributed by atoms with E-state index >= 15 is 0 Å².